The molecule has 0 fully saturated rings. The fourth-order valence-corrected chi connectivity index (χ4v) is 8.73. The van der Waals surface area contributed by atoms with Crippen molar-refractivity contribution in [1.29, 1.82) is 0 Å². The molecule has 10 aromatic rings. The van der Waals surface area contributed by atoms with E-state index in [-0.39, 0.29) is 5.41 Å². The Labute approximate surface area is 282 Å². The Bertz CT molecular complexity index is 3020. The minimum absolute atomic E-state index is 0.220. The first kappa shape index (κ1) is 26.9. The summed E-state index contributed by atoms with van der Waals surface area (Å²) in [5.74, 6) is 0. The molecule has 1 aliphatic rings. The van der Waals surface area contributed by atoms with E-state index in [1.54, 1.807) is 0 Å². The fraction of sp³-hybridized carbons (Fsp3) is 0.0638. The van der Waals surface area contributed by atoms with E-state index in [1.165, 1.54) is 71.4 Å². The molecule has 2 heteroatoms. The van der Waals surface area contributed by atoms with Gasteiger partial charge in [-0.1, -0.05) is 111 Å². The lowest BCUT2D eigenvalue weighted by atomic mass is 9.78. The van der Waals surface area contributed by atoms with Crippen molar-refractivity contribution in [3.05, 3.63) is 157 Å². The summed E-state index contributed by atoms with van der Waals surface area (Å²) in [6.07, 6.45) is 0. The Morgan fingerprint density at radius 2 is 1.06 bits per heavy atom. The van der Waals surface area contributed by atoms with Gasteiger partial charge in [0, 0.05) is 27.0 Å². The normalized spacial score (nSPS) is 13.7. The van der Waals surface area contributed by atoms with Gasteiger partial charge in [0.05, 0.1) is 0 Å². The first-order valence-electron chi connectivity index (χ1n) is 17.0. The highest BCUT2D eigenvalue weighted by Gasteiger charge is 2.39. The highest BCUT2D eigenvalue weighted by atomic mass is 16.3. The zero-order valence-electron chi connectivity index (χ0n) is 27.2. The number of hydrogen-bond donors (Lipinski definition) is 0. The van der Waals surface area contributed by atoms with Crippen LogP contribution in [0.1, 0.15) is 25.0 Å². The number of benzene rings is 8. The first-order valence-corrected chi connectivity index (χ1v) is 17.0. The lowest BCUT2D eigenvalue weighted by Crippen LogP contribution is -2.15. The molecule has 2 heterocycles. The van der Waals surface area contributed by atoms with Crippen molar-refractivity contribution in [1.82, 2.24) is 0 Å². The third kappa shape index (κ3) is 3.66. The molecule has 0 saturated carbocycles. The number of rotatable bonds is 2. The van der Waals surface area contributed by atoms with Gasteiger partial charge < -0.3 is 8.83 Å². The van der Waals surface area contributed by atoms with Crippen molar-refractivity contribution < 1.29 is 8.83 Å². The molecule has 0 aliphatic heterocycles. The Morgan fingerprint density at radius 3 is 1.94 bits per heavy atom. The average Bonchev–Trinajstić information content (AvgIpc) is 3.77. The van der Waals surface area contributed by atoms with E-state index in [1.807, 2.05) is 12.1 Å². The fourth-order valence-electron chi connectivity index (χ4n) is 8.73. The summed E-state index contributed by atoms with van der Waals surface area (Å²) in [6, 6.07) is 52.8. The van der Waals surface area contributed by atoms with Crippen LogP contribution < -0.4 is 0 Å². The molecule has 0 unspecified atom stereocenters. The lowest BCUT2D eigenvalue weighted by molar-refractivity contribution is 0.666. The zero-order chi connectivity index (χ0) is 32.4. The maximum Gasteiger partial charge on any atom is 0.136 e. The summed E-state index contributed by atoms with van der Waals surface area (Å²) in [4.78, 5) is 0. The molecule has 0 saturated heterocycles. The second-order valence-corrected chi connectivity index (χ2v) is 14.1. The van der Waals surface area contributed by atoms with Crippen LogP contribution in [0.5, 0.6) is 0 Å². The summed E-state index contributed by atoms with van der Waals surface area (Å²) in [5, 5.41) is 9.60. The lowest BCUT2D eigenvalue weighted by Gasteiger charge is -2.24. The third-order valence-corrected chi connectivity index (χ3v) is 11.0. The number of hydrogen-bond acceptors (Lipinski definition) is 2. The predicted molar refractivity (Wildman–Crippen MR) is 204 cm³/mol. The topological polar surface area (TPSA) is 26.3 Å². The van der Waals surface area contributed by atoms with Gasteiger partial charge in [-0.2, -0.15) is 0 Å². The van der Waals surface area contributed by atoms with Crippen LogP contribution in [0.4, 0.5) is 0 Å². The van der Waals surface area contributed by atoms with E-state index < -0.39 is 0 Å². The third-order valence-electron chi connectivity index (χ3n) is 11.0. The molecule has 0 bridgehead atoms. The van der Waals surface area contributed by atoms with Gasteiger partial charge in [0.15, 0.2) is 0 Å². The summed E-state index contributed by atoms with van der Waals surface area (Å²) in [7, 11) is 0. The van der Waals surface area contributed by atoms with Crippen LogP contribution in [-0.2, 0) is 5.41 Å². The van der Waals surface area contributed by atoms with Gasteiger partial charge in [-0.3, -0.25) is 0 Å². The second kappa shape index (κ2) is 9.49. The number of para-hydroxylation sites is 1. The van der Waals surface area contributed by atoms with E-state index >= 15 is 0 Å². The Morgan fingerprint density at radius 1 is 0.408 bits per heavy atom. The molecule has 2 aromatic heterocycles. The molecule has 1 aliphatic carbocycles. The Kier molecular flexibility index (Phi) is 5.21. The van der Waals surface area contributed by atoms with Gasteiger partial charge in [-0.15, -0.1) is 0 Å². The minimum Gasteiger partial charge on any atom is -0.456 e. The van der Waals surface area contributed by atoms with Gasteiger partial charge in [0.25, 0.3) is 0 Å². The van der Waals surface area contributed by atoms with Crippen LogP contribution in [0.2, 0.25) is 0 Å². The molecule has 2 nitrogen and oxygen atoms in total. The van der Waals surface area contributed by atoms with Crippen LogP contribution in [0.15, 0.2) is 154 Å². The highest BCUT2D eigenvalue weighted by Crippen LogP contribution is 2.56. The van der Waals surface area contributed by atoms with E-state index in [9.17, 15) is 0 Å². The number of furan rings is 2. The molecule has 11 rings (SSSR count). The Balaban J connectivity index is 1.15. The van der Waals surface area contributed by atoms with E-state index in [0.717, 1.165) is 38.5 Å². The van der Waals surface area contributed by atoms with Gasteiger partial charge in [0.1, 0.15) is 22.3 Å². The van der Waals surface area contributed by atoms with E-state index in [0.29, 0.717) is 0 Å². The molecular formula is C47H30O2. The quantitative estimate of drug-likeness (QED) is 0.191. The highest BCUT2D eigenvalue weighted by molar-refractivity contribution is 6.16. The zero-order valence-corrected chi connectivity index (χ0v) is 27.2. The first-order chi connectivity index (χ1) is 24.0. The summed E-state index contributed by atoms with van der Waals surface area (Å²) in [6.45, 7) is 4.78. The molecular weight excluding hydrogens is 597 g/mol. The van der Waals surface area contributed by atoms with Gasteiger partial charge >= 0.3 is 0 Å². The van der Waals surface area contributed by atoms with Crippen molar-refractivity contribution in [2.45, 2.75) is 19.3 Å². The SMILES string of the molecule is CC1(C)c2cc(-c3cccc4oc5cc6ccccc6cc5c34)ccc2-c2c(-c3ccc4c(c3)oc3ccccc34)cc3ccccc3c21. The van der Waals surface area contributed by atoms with Gasteiger partial charge in [-0.25, -0.2) is 0 Å². The van der Waals surface area contributed by atoms with Crippen LogP contribution in [0.3, 0.4) is 0 Å². The maximum absolute atomic E-state index is 6.46. The Hall–Kier alpha value is -6.12. The smallest absolute Gasteiger partial charge is 0.136 e. The van der Waals surface area contributed by atoms with Gasteiger partial charge in [0.2, 0.25) is 0 Å². The minimum atomic E-state index is -0.220. The number of fused-ring (bicyclic) bond motifs is 12. The van der Waals surface area contributed by atoms with Crippen LogP contribution in [-0.4, -0.2) is 0 Å². The molecule has 0 spiro atoms. The van der Waals surface area contributed by atoms with Crippen LogP contribution >= 0.6 is 0 Å². The van der Waals surface area contributed by atoms with Crippen molar-refractivity contribution in [2.75, 3.05) is 0 Å². The monoisotopic (exact) mass is 626 g/mol. The second-order valence-electron chi connectivity index (χ2n) is 14.1. The van der Waals surface area contributed by atoms with Crippen molar-refractivity contribution in [2.24, 2.45) is 0 Å². The van der Waals surface area contributed by atoms with Gasteiger partial charge in [-0.05, 0) is 115 Å². The van der Waals surface area contributed by atoms with Crippen LogP contribution in [0, 0.1) is 0 Å². The predicted octanol–water partition coefficient (Wildman–Crippen LogP) is 13.4. The van der Waals surface area contributed by atoms with Crippen molar-refractivity contribution in [3.63, 3.8) is 0 Å². The van der Waals surface area contributed by atoms with E-state index in [2.05, 4.69) is 147 Å². The standard InChI is InChI=1S/C47H30O2/c1-47(2)39-24-30(32-15-9-17-41-44(32)38-22-27-10-3-4-11-28(27)25-43(38)49-41)19-21-36(39)45-37(23-29-12-5-6-13-33(29)46(45)47)31-18-20-35-34-14-7-8-16-40(34)48-42(35)26-31/h3-26H,1-2H3. The molecule has 0 radical (unpaired) electrons. The van der Waals surface area contributed by atoms with Crippen molar-refractivity contribution >= 4 is 65.4 Å². The van der Waals surface area contributed by atoms with Crippen molar-refractivity contribution in [3.8, 4) is 33.4 Å². The summed E-state index contributed by atoms with van der Waals surface area (Å²) < 4.78 is 12.8. The molecule has 0 amide bonds. The average molecular weight is 627 g/mol. The molecule has 0 N–H and O–H groups in total. The molecule has 49 heavy (non-hydrogen) atoms. The molecule has 0 atom stereocenters. The summed E-state index contributed by atoms with van der Waals surface area (Å²) in [5.41, 5.74) is 13.6. The summed E-state index contributed by atoms with van der Waals surface area (Å²) >= 11 is 0. The molecule has 8 aromatic carbocycles. The largest absolute Gasteiger partial charge is 0.456 e. The maximum atomic E-state index is 6.46. The molecule has 230 valence electrons. The van der Waals surface area contributed by atoms with Crippen LogP contribution in [0.25, 0.3) is 98.8 Å². The van der Waals surface area contributed by atoms with E-state index in [4.69, 9.17) is 8.83 Å².